The molecule has 0 aliphatic carbocycles. The van der Waals surface area contributed by atoms with Crippen molar-refractivity contribution in [3.63, 3.8) is 0 Å². The predicted molar refractivity (Wildman–Crippen MR) is 83.8 cm³/mol. The molecule has 1 aromatic heterocycles. The SMILES string of the molecule is Cc1ccccc1C(C)Nc1cc(N)nc(C(C)C)n1. The Kier molecular flexibility index (Phi) is 4.23. The van der Waals surface area contributed by atoms with Crippen LogP contribution < -0.4 is 11.1 Å². The third-order valence-electron chi connectivity index (χ3n) is 3.30. The molecule has 0 amide bonds. The van der Waals surface area contributed by atoms with Gasteiger partial charge in [-0.15, -0.1) is 0 Å². The molecule has 2 rings (SSSR count). The molecule has 0 fully saturated rings. The molecule has 0 aliphatic rings. The predicted octanol–water partition coefficient (Wildman–Crippen LogP) is 3.66. The number of nitrogens with two attached hydrogens (primary N) is 1. The summed E-state index contributed by atoms with van der Waals surface area (Å²) in [6, 6.07) is 10.3. The van der Waals surface area contributed by atoms with Crippen LogP contribution in [0.15, 0.2) is 30.3 Å². The van der Waals surface area contributed by atoms with Gasteiger partial charge in [0.15, 0.2) is 0 Å². The van der Waals surface area contributed by atoms with Crippen LogP contribution in [0.5, 0.6) is 0 Å². The van der Waals surface area contributed by atoms with Crippen LogP contribution in [0.2, 0.25) is 0 Å². The first-order chi connectivity index (χ1) is 9.47. The first-order valence-electron chi connectivity index (χ1n) is 6.94. The van der Waals surface area contributed by atoms with Crippen LogP contribution in [0.3, 0.4) is 0 Å². The molecule has 1 unspecified atom stereocenters. The van der Waals surface area contributed by atoms with E-state index in [1.165, 1.54) is 11.1 Å². The van der Waals surface area contributed by atoms with Gasteiger partial charge in [0.05, 0.1) is 6.04 Å². The van der Waals surface area contributed by atoms with Gasteiger partial charge in [-0.25, -0.2) is 9.97 Å². The molecule has 0 aliphatic heterocycles. The fraction of sp³-hybridized carbons (Fsp3) is 0.375. The highest BCUT2D eigenvalue weighted by Crippen LogP contribution is 2.22. The van der Waals surface area contributed by atoms with Crippen molar-refractivity contribution in [2.45, 2.75) is 39.7 Å². The van der Waals surface area contributed by atoms with E-state index < -0.39 is 0 Å². The lowest BCUT2D eigenvalue weighted by molar-refractivity contribution is 0.770. The van der Waals surface area contributed by atoms with E-state index in [1.807, 2.05) is 12.1 Å². The molecule has 0 spiro atoms. The molecule has 4 heteroatoms. The van der Waals surface area contributed by atoms with Crippen molar-refractivity contribution < 1.29 is 0 Å². The number of aryl methyl sites for hydroxylation is 1. The van der Waals surface area contributed by atoms with E-state index in [1.54, 1.807) is 6.07 Å². The summed E-state index contributed by atoms with van der Waals surface area (Å²) in [7, 11) is 0. The second kappa shape index (κ2) is 5.90. The van der Waals surface area contributed by atoms with E-state index in [0.717, 1.165) is 11.6 Å². The van der Waals surface area contributed by atoms with E-state index in [0.29, 0.717) is 5.82 Å². The Hall–Kier alpha value is -2.10. The van der Waals surface area contributed by atoms with Gasteiger partial charge < -0.3 is 11.1 Å². The largest absolute Gasteiger partial charge is 0.384 e. The third-order valence-corrected chi connectivity index (χ3v) is 3.30. The van der Waals surface area contributed by atoms with Gasteiger partial charge >= 0.3 is 0 Å². The third kappa shape index (κ3) is 3.26. The summed E-state index contributed by atoms with van der Waals surface area (Å²) in [5, 5.41) is 3.40. The van der Waals surface area contributed by atoms with Crippen molar-refractivity contribution in [2.75, 3.05) is 11.1 Å². The summed E-state index contributed by atoms with van der Waals surface area (Å²) in [5.41, 5.74) is 8.37. The maximum atomic E-state index is 5.85. The number of hydrogen-bond donors (Lipinski definition) is 2. The van der Waals surface area contributed by atoms with Crippen molar-refractivity contribution in [1.82, 2.24) is 9.97 Å². The van der Waals surface area contributed by atoms with Crippen molar-refractivity contribution >= 4 is 11.6 Å². The Morgan fingerprint density at radius 2 is 1.80 bits per heavy atom. The lowest BCUT2D eigenvalue weighted by atomic mass is 10.0. The molecular formula is C16H22N4. The van der Waals surface area contributed by atoms with Crippen LogP contribution >= 0.6 is 0 Å². The number of anilines is 2. The number of rotatable bonds is 4. The van der Waals surface area contributed by atoms with Gasteiger partial charge in [0.1, 0.15) is 17.5 Å². The smallest absolute Gasteiger partial charge is 0.135 e. The van der Waals surface area contributed by atoms with Gasteiger partial charge in [0.25, 0.3) is 0 Å². The molecule has 1 atom stereocenters. The number of nitrogen functional groups attached to an aromatic ring is 1. The Morgan fingerprint density at radius 3 is 2.45 bits per heavy atom. The minimum atomic E-state index is 0.172. The molecule has 0 bridgehead atoms. The lowest BCUT2D eigenvalue weighted by Gasteiger charge is -2.18. The summed E-state index contributed by atoms with van der Waals surface area (Å²) in [5.74, 6) is 2.30. The molecule has 4 nitrogen and oxygen atoms in total. The van der Waals surface area contributed by atoms with Crippen molar-refractivity contribution in [1.29, 1.82) is 0 Å². The highest BCUT2D eigenvalue weighted by molar-refractivity contribution is 5.47. The minimum absolute atomic E-state index is 0.172. The van der Waals surface area contributed by atoms with Gasteiger partial charge in [-0.05, 0) is 25.0 Å². The molecule has 2 aromatic rings. The van der Waals surface area contributed by atoms with Crippen molar-refractivity contribution in [2.24, 2.45) is 0 Å². The first-order valence-corrected chi connectivity index (χ1v) is 6.94. The van der Waals surface area contributed by atoms with Gasteiger partial charge in [-0.1, -0.05) is 38.1 Å². The molecule has 0 saturated carbocycles. The highest BCUT2D eigenvalue weighted by Gasteiger charge is 2.11. The van der Waals surface area contributed by atoms with Gasteiger partial charge in [0, 0.05) is 12.0 Å². The van der Waals surface area contributed by atoms with E-state index >= 15 is 0 Å². The molecule has 106 valence electrons. The maximum absolute atomic E-state index is 5.85. The molecule has 1 aromatic carbocycles. The van der Waals surface area contributed by atoms with Gasteiger partial charge in [-0.3, -0.25) is 0 Å². The maximum Gasteiger partial charge on any atom is 0.135 e. The Labute approximate surface area is 120 Å². The molecule has 3 N–H and O–H groups in total. The number of benzene rings is 1. The first kappa shape index (κ1) is 14.3. The lowest BCUT2D eigenvalue weighted by Crippen LogP contribution is -2.12. The summed E-state index contributed by atoms with van der Waals surface area (Å²) in [4.78, 5) is 8.78. The number of nitrogens with one attached hydrogen (secondary N) is 1. The summed E-state index contributed by atoms with van der Waals surface area (Å²) >= 11 is 0. The van der Waals surface area contributed by atoms with E-state index in [2.05, 4.69) is 55.1 Å². The average Bonchev–Trinajstić information content (AvgIpc) is 2.38. The Morgan fingerprint density at radius 1 is 1.10 bits per heavy atom. The quantitative estimate of drug-likeness (QED) is 0.889. The standard InChI is InChI=1S/C16H22N4/c1-10(2)16-19-14(17)9-15(20-16)18-12(4)13-8-6-5-7-11(13)3/h5-10,12H,1-4H3,(H3,17,18,19,20). The van der Waals surface area contributed by atoms with Crippen LogP contribution in [0.1, 0.15) is 49.7 Å². The zero-order valence-corrected chi connectivity index (χ0v) is 12.5. The van der Waals surface area contributed by atoms with Crippen LogP contribution in [-0.2, 0) is 0 Å². The number of hydrogen-bond acceptors (Lipinski definition) is 4. The summed E-state index contributed by atoms with van der Waals surface area (Å²) in [6.07, 6.45) is 0. The average molecular weight is 270 g/mol. The summed E-state index contributed by atoms with van der Waals surface area (Å²) in [6.45, 7) is 8.35. The minimum Gasteiger partial charge on any atom is -0.384 e. The number of aromatic nitrogens is 2. The zero-order chi connectivity index (χ0) is 14.7. The fourth-order valence-corrected chi connectivity index (χ4v) is 2.19. The van der Waals surface area contributed by atoms with Crippen molar-refractivity contribution in [3.8, 4) is 0 Å². The van der Waals surface area contributed by atoms with E-state index in [-0.39, 0.29) is 12.0 Å². The van der Waals surface area contributed by atoms with E-state index in [9.17, 15) is 0 Å². The molecule has 0 saturated heterocycles. The van der Waals surface area contributed by atoms with Crippen LogP contribution in [0, 0.1) is 6.92 Å². The second-order valence-corrected chi connectivity index (χ2v) is 5.41. The molecule has 20 heavy (non-hydrogen) atoms. The highest BCUT2D eigenvalue weighted by atomic mass is 15.1. The van der Waals surface area contributed by atoms with Crippen LogP contribution in [0.25, 0.3) is 0 Å². The second-order valence-electron chi connectivity index (χ2n) is 5.41. The van der Waals surface area contributed by atoms with Gasteiger partial charge in [0.2, 0.25) is 0 Å². The topological polar surface area (TPSA) is 63.8 Å². The molecular weight excluding hydrogens is 248 g/mol. The number of nitrogens with zero attached hydrogens (tertiary/aromatic N) is 2. The molecule has 0 radical (unpaired) electrons. The van der Waals surface area contributed by atoms with Crippen LogP contribution in [0.4, 0.5) is 11.6 Å². The van der Waals surface area contributed by atoms with E-state index in [4.69, 9.17) is 5.73 Å². The van der Waals surface area contributed by atoms with Crippen molar-refractivity contribution in [3.05, 3.63) is 47.3 Å². The molecule has 1 heterocycles. The monoisotopic (exact) mass is 270 g/mol. The summed E-state index contributed by atoms with van der Waals surface area (Å²) < 4.78 is 0. The Balaban J connectivity index is 2.24. The zero-order valence-electron chi connectivity index (χ0n) is 12.5. The van der Waals surface area contributed by atoms with Crippen LogP contribution in [-0.4, -0.2) is 9.97 Å². The fourth-order valence-electron chi connectivity index (χ4n) is 2.19. The normalized spacial score (nSPS) is 12.4. The van der Waals surface area contributed by atoms with Gasteiger partial charge in [-0.2, -0.15) is 0 Å². The Bertz CT molecular complexity index is 593.